The summed E-state index contributed by atoms with van der Waals surface area (Å²) >= 11 is 0. The van der Waals surface area contributed by atoms with Crippen molar-refractivity contribution in [1.82, 2.24) is 0 Å². The van der Waals surface area contributed by atoms with E-state index in [2.05, 4.69) is 32.9 Å². The van der Waals surface area contributed by atoms with Gasteiger partial charge in [0.2, 0.25) is 0 Å². The highest BCUT2D eigenvalue weighted by atomic mass is 16.5. The summed E-state index contributed by atoms with van der Waals surface area (Å²) in [6, 6.07) is 4.21. The molecule has 0 atom stereocenters. The fourth-order valence-corrected chi connectivity index (χ4v) is 1.80. The summed E-state index contributed by atoms with van der Waals surface area (Å²) in [5.74, 6) is 1.26. The molecule has 0 bridgehead atoms. The average Bonchev–Trinajstić information content (AvgIpc) is 2.27. The van der Waals surface area contributed by atoms with Crippen molar-refractivity contribution in [3.63, 3.8) is 0 Å². The predicted molar refractivity (Wildman–Crippen MR) is 70.7 cm³/mol. The second-order valence-corrected chi connectivity index (χ2v) is 4.66. The number of aryl methyl sites for hydroxylation is 2. The largest absolute Gasteiger partial charge is 0.493 e. The van der Waals surface area contributed by atoms with Gasteiger partial charge < -0.3 is 9.53 Å². The minimum absolute atomic E-state index is 0.257. The van der Waals surface area contributed by atoms with E-state index in [1.807, 2.05) is 0 Å². The molecule has 1 aromatic carbocycles. The first kappa shape index (κ1) is 13.8. The van der Waals surface area contributed by atoms with E-state index in [-0.39, 0.29) is 5.78 Å². The number of hydrogen-bond donors (Lipinski definition) is 0. The highest BCUT2D eigenvalue weighted by Crippen LogP contribution is 2.25. The number of ketones is 1. The van der Waals surface area contributed by atoms with E-state index in [1.54, 1.807) is 6.92 Å². The molecule has 17 heavy (non-hydrogen) atoms. The van der Waals surface area contributed by atoms with Crippen LogP contribution in [-0.2, 0) is 4.79 Å². The van der Waals surface area contributed by atoms with Crippen LogP contribution in [0.2, 0.25) is 0 Å². The van der Waals surface area contributed by atoms with Gasteiger partial charge in [0.15, 0.2) is 0 Å². The lowest BCUT2D eigenvalue weighted by molar-refractivity contribution is -0.117. The van der Waals surface area contributed by atoms with Gasteiger partial charge in [0.1, 0.15) is 11.5 Å². The molecule has 0 fully saturated rings. The Labute approximate surface area is 104 Å². The van der Waals surface area contributed by atoms with Crippen molar-refractivity contribution >= 4 is 5.78 Å². The Kier molecular flexibility index (Phi) is 5.20. The van der Waals surface area contributed by atoms with E-state index in [9.17, 15) is 4.79 Å². The Hall–Kier alpha value is -1.31. The average molecular weight is 234 g/mol. The molecule has 0 aliphatic heterocycles. The van der Waals surface area contributed by atoms with Crippen LogP contribution in [0.4, 0.5) is 0 Å². The van der Waals surface area contributed by atoms with Gasteiger partial charge in [-0.25, -0.2) is 0 Å². The van der Waals surface area contributed by atoms with Crippen LogP contribution < -0.4 is 4.74 Å². The van der Waals surface area contributed by atoms with E-state index >= 15 is 0 Å². The first-order valence-electron chi connectivity index (χ1n) is 6.21. The van der Waals surface area contributed by atoms with Gasteiger partial charge >= 0.3 is 0 Å². The SMILES string of the molecule is CC(=O)CCCCOc1c(C)ccc(C)c1C. The fraction of sp³-hybridized carbons (Fsp3) is 0.533. The van der Waals surface area contributed by atoms with Gasteiger partial charge in [0.25, 0.3) is 0 Å². The van der Waals surface area contributed by atoms with Crippen LogP contribution in [0.1, 0.15) is 42.9 Å². The van der Waals surface area contributed by atoms with Crippen LogP contribution in [0.25, 0.3) is 0 Å². The lowest BCUT2D eigenvalue weighted by Gasteiger charge is -2.13. The van der Waals surface area contributed by atoms with Gasteiger partial charge in [0.05, 0.1) is 6.61 Å². The van der Waals surface area contributed by atoms with Gasteiger partial charge in [-0.1, -0.05) is 12.1 Å². The normalized spacial score (nSPS) is 10.4. The second kappa shape index (κ2) is 6.43. The number of hydrogen-bond acceptors (Lipinski definition) is 2. The van der Waals surface area contributed by atoms with Crippen molar-refractivity contribution in [1.29, 1.82) is 0 Å². The van der Waals surface area contributed by atoms with Crippen molar-refractivity contribution < 1.29 is 9.53 Å². The molecule has 0 spiro atoms. The molecule has 0 radical (unpaired) electrons. The minimum Gasteiger partial charge on any atom is -0.493 e. The number of rotatable bonds is 6. The van der Waals surface area contributed by atoms with E-state index in [4.69, 9.17) is 4.74 Å². The van der Waals surface area contributed by atoms with Gasteiger partial charge in [-0.05, 0) is 57.2 Å². The molecule has 0 aliphatic carbocycles. The number of carbonyl (C=O) groups is 1. The van der Waals surface area contributed by atoms with Crippen molar-refractivity contribution in [2.24, 2.45) is 0 Å². The molecule has 0 saturated carbocycles. The molecule has 0 N–H and O–H groups in total. The van der Waals surface area contributed by atoms with Crippen LogP contribution in [0.3, 0.4) is 0 Å². The quantitative estimate of drug-likeness (QED) is 0.701. The van der Waals surface area contributed by atoms with Crippen molar-refractivity contribution in [3.8, 4) is 5.75 Å². The molecule has 1 rings (SSSR count). The van der Waals surface area contributed by atoms with Crippen molar-refractivity contribution in [2.75, 3.05) is 6.61 Å². The Balaban J connectivity index is 2.46. The van der Waals surface area contributed by atoms with Crippen LogP contribution in [-0.4, -0.2) is 12.4 Å². The Bertz CT molecular complexity index is 394. The smallest absolute Gasteiger partial charge is 0.129 e. The zero-order valence-corrected chi connectivity index (χ0v) is 11.3. The Morgan fingerprint density at radius 2 is 1.76 bits per heavy atom. The first-order valence-corrected chi connectivity index (χ1v) is 6.21. The van der Waals surface area contributed by atoms with E-state index in [1.165, 1.54) is 16.7 Å². The molecule has 94 valence electrons. The molecule has 0 amide bonds. The molecule has 0 heterocycles. The molecule has 2 heteroatoms. The van der Waals surface area contributed by atoms with Crippen LogP contribution >= 0.6 is 0 Å². The van der Waals surface area contributed by atoms with Gasteiger partial charge in [-0.3, -0.25) is 0 Å². The second-order valence-electron chi connectivity index (χ2n) is 4.66. The number of benzene rings is 1. The van der Waals surface area contributed by atoms with Crippen LogP contribution in [0.15, 0.2) is 12.1 Å². The van der Waals surface area contributed by atoms with E-state index in [0.717, 1.165) is 18.6 Å². The molecule has 0 aromatic heterocycles. The molecular weight excluding hydrogens is 212 g/mol. The molecule has 2 nitrogen and oxygen atoms in total. The summed E-state index contributed by atoms with van der Waals surface area (Å²) in [5.41, 5.74) is 3.66. The number of unbranched alkanes of at least 4 members (excludes halogenated alkanes) is 1. The monoisotopic (exact) mass is 234 g/mol. The lowest BCUT2D eigenvalue weighted by atomic mass is 10.1. The highest BCUT2D eigenvalue weighted by Gasteiger charge is 2.05. The van der Waals surface area contributed by atoms with Crippen LogP contribution in [0, 0.1) is 20.8 Å². The van der Waals surface area contributed by atoms with E-state index in [0.29, 0.717) is 13.0 Å². The molecule has 0 saturated heterocycles. The van der Waals surface area contributed by atoms with Crippen molar-refractivity contribution in [2.45, 2.75) is 47.0 Å². The minimum atomic E-state index is 0.257. The van der Waals surface area contributed by atoms with E-state index < -0.39 is 0 Å². The maximum atomic E-state index is 10.8. The summed E-state index contributed by atoms with van der Waals surface area (Å²) in [7, 11) is 0. The third-order valence-corrected chi connectivity index (χ3v) is 3.04. The summed E-state index contributed by atoms with van der Waals surface area (Å²) in [5, 5.41) is 0. The van der Waals surface area contributed by atoms with Gasteiger partial charge in [-0.2, -0.15) is 0 Å². The fourth-order valence-electron chi connectivity index (χ4n) is 1.80. The summed E-state index contributed by atoms with van der Waals surface area (Å²) in [6.45, 7) is 8.58. The molecule has 0 aliphatic rings. The maximum absolute atomic E-state index is 10.8. The zero-order chi connectivity index (χ0) is 12.8. The van der Waals surface area contributed by atoms with Gasteiger partial charge in [0, 0.05) is 6.42 Å². The maximum Gasteiger partial charge on any atom is 0.129 e. The number of carbonyl (C=O) groups excluding carboxylic acids is 1. The third-order valence-electron chi connectivity index (χ3n) is 3.04. The zero-order valence-electron chi connectivity index (χ0n) is 11.3. The summed E-state index contributed by atoms with van der Waals surface area (Å²) in [6.07, 6.45) is 2.51. The molecule has 1 aromatic rings. The number of ether oxygens (including phenoxy) is 1. The number of Topliss-reactive ketones (excluding diaryl/α,β-unsaturated/α-hetero) is 1. The van der Waals surface area contributed by atoms with Crippen molar-refractivity contribution in [3.05, 3.63) is 28.8 Å². The van der Waals surface area contributed by atoms with Crippen LogP contribution in [0.5, 0.6) is 5.75 Å². The summed E-state index contributed by atoms with van der Waals surface area (Å²) < 4.78 is 5.82. The topological polar surface area (TPSA) is 26.3 Å². The third kappa shape index (κ3) is 4.22. The standard InChI is InChI=1S/C15H22O2/c1-11-8-9-12(2)15(14(11)4)17-10-6-5-7-13(3)16/h8-9H,5-7,10H2,1-4H3. The first-order chi connectivity index (χ1) is 8.02. The Morgan fingerprint density at radius 1 is 1.12 bits per heavy atom. The summed E-state index contributed by atoms with van der Waals surface area (Å²) in [4.78, 5) is 10.8. The Morgan fingerprint density at radius 3 is 2.41 bits per heavy atom. The highest BCUT2D eigenvalue weighted by molar-refractivity contribution is 5.75. The van der Waals surface area contributed by atoms with Gasteiger partial charge in [-0.15, -0.1) is 0 Å². The lowest BCUT2D eigenvalue weighted by Crippen LogP contribution is -2.02. The molecule has 0 unspecified atom stereocenters. The predicted octanol–water partition coefficient (Wildman–Crippen LogP) is 3.75. The molecular formula is C15H22O2.